The maximum atomic E-state index is 13.1. The topological polar surface area (TPSA) is 26.3 Å². The van der Waals surface area contributed by atoms with E-state index in [0.29, 0.717) is 12.0 Å². The largest absolute Gasteiger partial charge is 0.373 e. The van der Waals surface area contributed by atoms with Crippen LogP contribution in [-0.4, -0.2) is 19.0 Å². The van der Waals surface area contributed by atoms with Crippen molar-refractivity contribution >= 4 is 5.78 Å². The van der Waals surface area contributed by atoms with Crippen LogP contribution in [-0.2, 0) is 4.74 Å². The van der Waals surface area contributed by atoms with E-state index in [9.17, 15) is 9.18 Å². The molecular formula is C13H17FO2. The average Bonchev–Trinajstić information content (AvgIpc) is 2.23. The standard InChI is InChI=1S/C13H17FO2/c1-4-5-12(16-3)13(15)10-6-9(2)7-11(14)8-10/h6-8,12H,4-5H2,1-3H3. The Morgan fingerprint density at radius 2 is 2.12 bits per heavy atom. The summed E-state index contributed by atoms with van der Waals surface area (Å²) in [5.74, 6) is -0.526. The zero-order chi connectivity index (χ0) is 12.1. The van der Waals surface area contributed by atoms with Gasteiger partial charge in [-0.25, -0.2) is 4.39 Å². The fraction of sp³-hybridized carbons (Fsp3) is 0.462. The van der Waals surface area contributed by atoms with Gasteiger partial charge in [0.1, 0.15) is 11.9 Å². The molecule has 0 fully saturated rings. The van der Waals surface area contributed by atoms with Crippen molar-refractivity contribution in [3.8, 4) is 0 Å². The van der Waals surface area contributed by atoms with Gasteiger partial charge < -0.3 is 4.74 Å². The summed E-state index contributed by atoms with van der Waals surface area (Å²) in [6.07, 6.45) is 1.05. The lowest BCUT2D eigenvalue weighted by Crippen LogP contribution is -2.23. The average molecular weight is 224 g/mol. The molecule has 0 heterocycles. The molecule has 0 bridgehead atoms. The summed E-state index contributed by atoms with van der Waals surface area (Å²) in [5, 5.41) is 0. The van der Waals surface area contributed by atoms with Gasteiger partial charge in [0.2, 0.25) is 0 Å². The third-order valence-corrected chi connectivity index (χ3v) is 2.45. The molecule has 0 saturated heterocycles. The van der Waals surface area contributed by atoms with Gasteiger partial charge in [0.25, 0.3) is 0 Å². The van der Waals surface area contributed by atoms with E-state index in [2.05, 4.69) is 0 Å². The van der Waals surface area contributed by atoms with Gasteiger partial charge in [-0.05, 0) is 37.1 Å². The van der Waals surface area contributed by atoms with E-state index in [-0.39, 0.29) is 11.6 Å². The molecular weight excluding hydrogens is 207 g/mol. The monoisotopic (exact) mass is 224 g/mol. The minimum Gasteiger partial charge on any atom is -0.373 e. The summed E-state index contributed by atoms with van der Waals surface area (Å²) >= 11 is 0. The Morgan fingerprint density at radius 3 is 2.62 bits per heavy atom. The van der Waals surface area contributed by atoms with Crippen LogP contribution in [0.1, 0.15) is 35.7 Å². The molecule has 0 aromatic heterocycles. The Labute approximate surface area is 95.4 Å². The van der Waals surface area contributed by atoms with Crippen molar-refractivity contribution < 1.29 is 13.9 Å². The number of Topliss-reactive ketones (excluding diaryl/α,β-unsaturated/α-hetero) is 1. The molecule has 1 unspecified atom stereocenters. The Hall–Kier alpha value is -1.22. The molecule has 1 atom stereocenters. The van der Waals surface area contributed by atoms with E-state index < -0.39 is 6.10 Å². The fourth-order valence-electron chi connectivity index (χ4n) is 1.68. The van der Waals surface area contributed by atoms with E-state index in [1.807, 2.05) is 6.92 Å². The summed E-state index contributed by atoms with van der Waals surface area (Å²) in [5.41, 5.74) is 1.13. The molecule has 0 aliphatic heterocycles. The van der Waals surface area contributed by atoms with Gasteiger partial charge in [-0.2, -0.15) is 0 Å². The quantitative estimate of drug-likeness (QED) is 0.718. The van der Waals surface area contributed by atoms with Crippen LogP contribution in [0.5, 0.6) is 0 Å². The van der Waals surface area contributed by atoms with Gasteiger partial charge in [-0.15, -0.1) is 0 Å². The molecule has 1 aromatic carbocycles. The number of benzene rings is 1. The molecule has 0 aliphatic carbocycles. The molecule has 0 saturated carbocycles. The maximum Gasteiger partial charge on any atom is 0.191 e. The summed E-state index contributed by atoms with van der Waals surface area (Å²) in [6, 6.07) is 4.35. The first-order valence-corrected chi connectivity index (χ1v) is 5.42. The maximum absolute atomic E-state index is 13.1. The Morgan fingerprint density at radius 1 is 1.44 bits per heavy atom. The van der Waals surface area contributed by atoms with Gasteiger partial charge in [0, 0.05) is 12.7 Å². The number of ketones is 1. The predicted molar refractivity (Wildman–Crippen MR) is 61.2 cm³/mol. The fourth-order valence-corrected chi connectivity index (χ4v) is 1.68. The molecule has 88 valence electrons. The van der Waals surface area contributed by atoms with Crippen LogP contribution < -0.4 is 0 Å². The molecule has 0 radical (unpaired) electrons. The number of carbonyl (C=O) groups is 1. The smallest absolute Gasteiger partial charge is 0.191 e. The summed E-state index contributed by atoms with van der Waals surface area (Å²) in [7, 11) is 1.50. The zero-order valence-electron chi connectivity index (χ0n) is 9.92. The summed E-state index contributed by atoms with van der Waals surface area (Å²) < 4.78 is 18.3. The molecule has 0 spiro atoms. The van der Waals surface area contributed by atoms with Gasteiger partial charge in [-0.1, -0.05) is 13.3 Å². The molecule has 2 nitrogen and oxygen atoms in total. The van der Waals surface area contributed by atoms with Crippen molar-refractivity contribution in [2.75, 3.05) is 7.11 Å². The highest BCUT2D eigenvalue weighted by atomic mass is 19.1. The molecule has 1 aromatic rings. The number of methoxy groups -OCH3 is 1. The second-order valence-electron chi connectivity index (χ2n) is 3.89. The second-order valence-corrected chi connectivity index (χ2v) is 3.89. The number of ether oxygens (including phenoxy) is 1. The minimum atomic E-state index is -0.466. The van der Waals surface area contributed by atoms with E-state index in [1.54, 1.807) is 13.0 Å². The second kappa shape index (κ2) is 5.75. The van der Waals surface area contributed by atoms with Gasteiger partial charge in [-0.3, -0.25) is 4.79 Å². The highest BCUT2D eigenvalue weighted by Crippen LogP contribution is 2.14. The van der Waals surface area contributed by atoms with Crippen molar-refractivity contribution in [1.82, 2.24) is 0 Å². The van der Waals surface area contributed by atoms with E-state index >= 15 is 0 Å². The third kappa shape index (κ3) is 3.14. The van der Waals surface area contributed by atoms with Crippen LogP contribution in [0.3, 0.4) is 0 Å². The lowest BCUT2D eigenvalue weighted by Gasteiger charge is -2.13. The Bertz CT molecular complexity index is 354. The SMILES string of the molecule is CCCC(OC)C(=O)c1cc(C)cc(F)c1. The summed E-state index contributed by atoms with van der Waals surface area (Å²) in [6.45, 7) is 3.75. The highest BCUT2D eigenvalue weighted by molar-refractivity contribution is 5.99. The van der Waals surface area contributed by atoms with Crippen LogP contribution in [0.4, 0.5) is 4.39 Å². The first-order chi connectivity index (χ1) is 7.58. The first kappa shape index (κ1) is 12.8. The lowest BCUT2D eigenvalue weighted by molar-refractivity contribution is 0.0578. The molecule has 16 heavy (non-hydrogen) atoms. The number of rotatable bonds is 5. The molecule has 0 amide bonds. The number of carbonyl (C=O) groups excluding carboxylic acids is 1. The third-order valence-electron chi connectivity index (χ3n) is 2.45. The molecule has 3 heteroatoms. The van der Waals surface area contributed by atoms with Crippen LogP contribution in [0.25, 0.3) is 0 Å². The van der Waals surface area contributed by atoms with E-state index in [1.165, 1.54) is 19.2 Å². The van der Waals surface area contributed by atoms with Gasteiger partial charge in [0.05, 0.1) is 0 Å². The van der Waals surface area contributed by atoms with Crippen molar-refractivity contribution in [3.05, 3.63) is 35.1 Å². The van der Waals surface area contributed by atoms with E-state index in [0.717, 1.165) is 12.0 Å². The number of hydrogen-bond acceptors (Lipinski definition) is 2. The van der Waals surface area contributed by atoms with E-state index in [4.69, 9.17) is 4.74 Å². The van der Waals surface area contributed by atoms with Crippen molar-refractivity contribution in [2.45, 2.75) is 32.8 Å². The highest BCUT2D eigenvalue weighted by Gasteiger charge is 2.19. The van der Waals surface area contributed by atoms with Crippen LogP contribution in [0.15, 0.2) is 18.2 Å². The van der Waals surface area contributed by atoms with Gasteiger partial charge >= 0.3 is 0 Å². The predicted octanol–water partition coefficient (Wildman–Crippen LogP) is 3.13. The van der Waals surface area contributed by atoms with Gasteiger partial charge in [0.15, 0.2) is 5.78 Å². The van der Waals surface area contributed by atoms with Crippen molar-refractivity contribution in [1.29, 1.82) is 0 Å². The molecule has 0 aliphatic rings. The van der Waals surface area contributed by atoms with Crippen LogP contribution in [0, 0.1) is 12.7 Å². The number of halogens is 1. The van der Waals surface area contributed by atoms with Crippen LogP contribution in [0.2, 0.25) is 0 Å². The van der Waals surface area contributed by atoms with Crippen molar-refractivity contribution in [3.63, 3.8) is 0 Å². The molecule has 0 N–H and O–H groups in total. The van der Waals surface area contributed by atoms with Crippen LogP contribution >= 0.6 is 0 Å². The minimum absolute atomic E-state index is 0.146. The number of aryl methyl sites for hydroxylation is 1. The zero-order valence-corrected chi connectivity index (χ0v) is 9.92. The number of hydrogen-bond donors (Lipinski definition) is 0. The molecule has 1 rings (SSSR count). The van der Waals surface area contributed by atoms with Crippen molar-refractivity contribution in [2.24, 2.45) is 0 Å². The normalized spacial score (nSPS) is 12.5. The first-order valence-electron chi connectivity index (χ1n) is 5.42. The Balaban J connectivity index is 2.94. The summed E-state index contributed by atoms with van der Waals surface area (Å²) in [4.78, 5) is 12.0. The lowest BCUT2D eigenvalue weighted by atomic mass is 10.0. The Kier molecular flexibility index (Phi) is 4.62.